The van der Waals surface area contributed by atoms with Crippen molar-refractivity contribution in [1.82, 2.24) is 0 Å². The molecule has 0 heterocycles. The summed E-state index contributed by atoms with van der Waals surface area (Å²) in [5, 5.41) is 16.2. The Morgan fingerprint density at radius 1 is 0.733 bits per heavy atom. The fraction of sp³-hybridized carbons (Fsp3) is 0.500. The predicted octanol–water partition coefficient (Wildman–Crippen LogP) is 3.82. The van der Waals surface area contributed by atoms with Crippen LogP contribution in [0.15, 0.2) is 0 Å². The van der Waals surface area contributed by atoms with E-state index in [9.17, 15) is 9.59 Å². The molecular formula is C4H2Br6CdO4. The van der Waals surface area contributed by atoms with Crippen molar-refractivity contribution in [3.63, 3.8) is 0 Å². The minimum Gasteiger partial charge on any atom is -0.479 e. The first-order chi connectivity index (χ1) is 5.89. The van der Waals surface area contributed by atoms with E-state index in [0.29, 0.717) is 0 Å². The van der Waals surface area contributed by atoms with Crippen molar-refractivity contribution >= 4 is 108 Å². The number of carboxylic acid groups (broad SMARTS) is 2. The van der Waals surface area contributed by atoms with E-state index in [4.69, 9.17) is 10.2 Å². The Kier molecular flexibility index (Phi) is 14.7. The summed E-state index contributed by atoms with van der Waals surface area (Å²) in [5.41, 5.74) is 0. The number of rotatable bonds is 0. The van der Waals surface area contributed by atoms with Gasteiger partial charge >= 0.3 is 11.9 Å². The van der Waals surface area contributed by atoms with Gasteiger partial charge in [-0.05, 0) is 95.6 Å². The van der Waals surface area contributed by atoms with Gasteiger partial charge in [0.2, 0.25) is 4.29 Å². The summed E-state index contributed by atoms with van der Waals surface area (Å²) in [7, 11) is 0. The molecule has 0 aliphatic heterocycles. The molecule has 2 N–H and O–H groups in total. The second-order valence-electron chi connectivity index (χ2n) is 1.61. The first kappa shape index (κ1) is 22.9. The molecule has 0 aromatic rings. The Bertz CT molecular complexity index is 196. The van der Waals surface area contributed by atoms with E-state index in [0.717, 1.165) is 0 Å². The van der Waals surface area contributed by atoms with Gasteiger partial charge < -0.3 is 10.2 Å². The Morgan fingerprint density at radius 2 is 0.800 bits per heavy atom. The van der Waals surface area contributed by atoms with Crippen molar-refractivity contribution in [1.29, 1.82) is 0 Å². The third kappa shape index (κ3) is 16.7. The molecule has 0 saturated carbocycles. The van der Waals surface area contributed by atoms with E-state index in [1.165, 1.54) is 0 Å². The summed E-state index contributed by atoms with van der Waals surface area (Å²) in [4.78, 5) is 19.8. The van der Waals surface area contributed by atoms with Crippen molar-refractivity contribution in [2.45, 2.75) is 4.29 Å². The van der Waals surface area contributed by atoms with Crippen molar-refractivity contribution in [3.8, 4) is 0 Å². The van der Waals surface area contributed by atoms with Gasteiger partial charge in [-0.3, -0.25) is 0 Å². The minimum absolute atomic E-state index is 0. The summed E-state index contributed by atoms with van der Waals surface area (Å²) < 4.78 is -2.29. The molecule has 0 fully saturated rings. The van der Waals surface area contributed by atoms with Crippen LogP contribution in [0.4, 0.5) is 0 Å². The molecule has 0 aromatic heterocycles. The third-order valence-electron chi connectivity index (χ3n) is 0.485. The normalized spacial score (nSPS) is 10.5. The Hall–Kier alpha value is 2.74. The van der Waals surface area contributed by atoms with Crippen LogP contribution in [-0.2, 0) is 36.9 Å². The molecule has 0 amide bonds. The Balaban J connectivity index is -0.000000180. The van der Waals surface area contributed by atoms with E-state index in [-0.39, 0.29) is 27.3 Å². The topological polar surface area (TPSA) is 74.6 Å². The van der Waals surface area contributed by atoms with E-state index >= 15 is 0 Å². The zero-order valence-electron chi connectivity index (χ0n) is 6.69. The SMILES string of the molecule is O=C(O)C(Br)(Br)Br.O=C(O)C(Br)(Br)Br.[Cd]. The van der Waals surface area contributed by atoms with E-state index in [1.807, 2.05) is 0 Å². The predicted molar refractivity (Wildman–Crippen MR) is 74.3 cm³/mol. The van der Waals surface area contributed by atoms with Crippen molar-refractivity contribution < 1.29 is 47.1 Å². The van der Waals surface area contributed by atoms with Crippen LogP contribution in [-0.4, -0.2) is 26.4 Å². The molecule has 0 radical (unpaired) electrons. The average molecular weight is 706 g/mol. The largest absolute Gasteiger partial charge is 0.479 e. The van der Waals surface area contributed by atoms with Gasteiger partial charge in [-0.2, -0.15) is 0 Å². The molecule has 11 heteroatoms. The van der Waals surface area contributed by atoms with E-state index in [2.05, 4.69) is 95.6 Å². The van der Waals surface area contributed by atoms with Crippen LogP contribution >= 0.6 is 95.6 Å². The monoisotopic (exact) mass is 701 g/mol. The number of hydrogen-bond acceptors (Lipinski definition) is 2. The van der Waals surface area contributed by atoms with Crippen LogP contribution < -0.4 is 0 Å². The summed E-state index contributed by atoms with van der Waals surface area (Å²) in [6, 6.07) is 0. The van der Waals surface area contributed by atoms with Crippen LogP contribution in [0.25, 0.3) is 0 Å². The van der Waals surface area contributed by atoms with Gasteiger partial charge in [0.25, 0.3) is 0 Å². The molecule has 0 bridgehead atoms. The van der Waals surface area contributed by atoms with Crippen LogP contribution in [0.2, 0.25) is 0 Å². The van der Waals surface area contributed by atoms with Gasteiger partial charge in [-0.25, -0.2) is 9.59 Å². The molecule has 0 spiro atoms. The number of carbonyl (C=O) groups is 2. The zero-order chi connectivity index (χ0) is 12.2. The standard InChI is InChI=1S/2C2HBr3O2.Cd/c2*3-2(4,5)1(6)7;/h2*(H,6,7);. The van der Waals surface area contributed by atoms with Gasteiger partial charge in [0.05, 0.1) is 0 Å². The molecule has 0 aromatic carbocycles. The molecule has 0 rings (SSSR count). The molecule has 0 saturated heterocycles. The van der Waals surface area contributed by atoms with Crippen molar-refractivity contribution in [2.24, 2.45) is 0 Å². The second-order valence-corrected chi connectivity index (χ2v) is 15.1. The van der Waals surface area contributed by atoms with Crippen LogP contribution in [0.3, 0.4) is 0 Å². The molecule has 86 valence electrons. The molecular weight excluding hydrogens is 704 g/mol. The van der Waals surface area contributed by atoms with E-state index in [1.54, 1.807) is 0 Å². The van der Waals surface area contributed by atoms with Crippen molar-refractivity contribution in [2.75, 3.05) is 0 Å². The summed E-state index contributed by atoms with van der Waals surface area (Å²) in [6.07, 6.45) is 0. The average Bonchev–Trinajstić information content (AvgIpc) is 1.83. The number of hydrogen-bond donors (Lipinski definition) is 2. The third-order valence-corrected chi connectivity index (χ3v) is 2.52. The van der Waals surface area contributed by atoms with Gasteiger partial charge in [0.1, 0.15) is 0 Å². The van der Waals surface area contributed by atoms with Crippen LogP contribution in [0.1, 0.15) is 0 Å². The Labute approximate surface area is 156 Å². The van der Waals surface area contributed by atoms with Gasteiger partial charge in [0.15, 0.2) is 0 Å². The van der Waals surface area contributed by atoms with Crippen molar-refractivity contribution in [3.05, 3.63) is 0 Å². The number of halogens is 6. The Morgan fingerprint density at radius 3 is 0.800 bits per heavy atom. The molecule has 0 aliphatic carbocycles. The van der Waals surface area contributed by atoms with Crippen LogP contribution in [0, 0.1) is 0 Å². The number of carboxylic acids is 2. The van der Waals surface area contributed by atoms with Gasteiger partial charge in [-0.1, -0.05) is 0 Å². The number of alkyl halides is 6. The summed E-state index contributed by atoms with van der Waals surface area (Å²) >= 11 is 16.7. The summed E-state index contributed by atoms with van der Waals surface area (Å²) in [6.45, 7) is 0. The fourth-order valence-corrected chi connectivity index (χ4v) is 0. The maximum atomic E-state index is 9.88. The minimum atomic E-state index is -1.15. The zero-order valence-corrected chi connectivity index (χ0v) is 20.2. The second kappa shape index (κ2) is 9.64. The summed E-state index contributed by atoms with van der Waals surface area (Å²) in [5.74, 6) is -2.01. The molecule has 0 aliphatic rings. The first-order valence-electron chi connectivity index (χ1n) is 2.49. The molecule has 0 unspecified atom stereocenters. The molecule has 0 atom stereocenters. The molecule has 15 heavy (non-hydrogen) atoms. The van der Waals surface area contributed by atoms with Crippen LogP contribution in [0.5, 0.6) is 0 Å². The van der Waals surface area contributed by atoms with E-state index < -0.39 is 16.2 Å². The fourth-order valence-electron chi connectivity index (χ4n) is 0. The van der Waals surface area contributed by atoms with Gasteiger partial charge in [-0.15, -0.1) is 0 Å². The molecule has 4 nitrogen and oxygen atoms in total. The maximum Gasteiger partial charge on any atom is 0.342 e. The quantitative estimate of drug-likeness (QED) is 0.297. The number of aliphatic carboxylic acids is 2. The maximum absolute atomic E-state index is 9.88. The first-order valence-corrected chi connectivity index (χ1v) is 7.25. The smallest absolute Gasteiger partial charge is 0.342 e. The van der Waals surface area contributed by atoms with Gasteiger partial charge in [0, 0.05) is 27.3 Å².